The molecule has 0 saturated carbocycles. The van der Waals surface area contributed by atoms with Crippen molar-refractivity contribution in [1.29, 1.82) is 0 Å². The van der Waals surface area contributed by atoms with Gasteiger partial charge >= 0.3 is 0 Å². The average molecular weight is 320 g/mol. The van der Waals surface area contributed by atoms with Gasteiger partial charge in [-0.2, -0.15) is 0 Å². The maximum absolute atomic E-state index is 12.6. The van der Waals surface area contributed by atoms with Crippen molar-refractivity contribution in [1.82, 2.24) is 0 Å². The number of rotatable bonds is 2. The maximum atomic E-state index is 12.6. The number of fused-ring (bicyclic) bond motifs is 1. The lowest BCUT2D eigenvalue weighted by Crippen LogP contribution is -2.36. The number of carbonyl (C=O) groups excluding carboxylic acids is 1. The van der Waals surface area contributed by atoms with E-state index in [1.165, 1.54) is 5.56 Å². The van der Waals surface area contributed by atoms with E-state index in [0.29, 0.717) is 16.5 Å². The molecule has 2 aromatic rings. The van der Waals surface area contributed by atoms with Crippen LogP contribution in [0.15, 0.2) is 42.5 Å². The fourth-order valence-corrected chi connectivity index (χ4v) is 3.19. The molecule has 1 amide bonds. The Bertz CT molecular complexity index is 684. The number of carbonyl (C=O) groups is 1. The molecule has 4 heteroatoms. The van der Waals surface area contributed by atoms with Crippen molar-refractivity contribution < 1.29 is 4.79 Å². The Balaban J connectivity index is 1.83. The first-order valence-corrected chi connectivity index (χ1v) is 7.73. The molecule has 0 aromatic heterocycles. The van der Waals surface area contributed by atoms with E-state index in [4.69, 9.17) is 23.2 Å². The SMILES string of the molecule is O=C(Cc1ccc(Cl)cc1Cl)N1CCCc2ccccc21. The minimum Gasteiger partial charge on any atom is -0.312 e. The van der Waals surface area contributed by atoms with Crippen LogP contribution in [0.4, 0.5) is 5.69 Å². The summed E-state index contributed by atoms with van der Waals surface area (Å²) in [6.45, 7) is 0.765. The first kappa shape index (κ1) is 14.4. The highest BCUT2D eigenvalue weighted by Gasteiger charge is 2.22. The van der Waals surface area contributed by atoms with Gasteiger partial charge in [0.05, 0.1) is 6.42 Å². The normalized spacial score (nSPS) is 13.9. The lowest BCUT2D eigenvalue weighted by atomic mass is 10.0. The number of aryl methyl sites for hydroxylation is 1. The molecule has 108 valence electrons. The molecule has 2 nitrogen and oxygen atoms in total. The lowest BCUT2D eigenvalue weighted by Gasteiger charge is -2.29. The van der Waals surface area contributed by atoms with Gasteiger partial charge in [0.25, 0.3) is 0 Å². The van der Waals surface area contributed by atoms with Crippen LogP contribution in [-0.2, 0) is 17.6 Å². The third-order valence-electron chi connectivity index (χ3n) is 3.77. The second kappa shape index (κ2) is 6.08. The third kappa shape index (κ3) is 3.07. The summed E-state index contributed by atoms with van der Waals surface area (Å²) in [6, 6.07) is 13.3. The predicted octanol–water partition coefficient (Wildman–Crippen LogP) is 4.52. The molecule has 1 aliphatic rings. The van der Waals surface area contributed by atoms with Crippen molar-refractivity contribution in [3.63, 3.8) is 0 Å². The molecular formula is C17H15Cl2NO. The molecule has 2 aromatic carbocycles. The van der Waals surface area contributed by atoms with Gasteiger partial charge in [0.1, 0.15) is 0 Å². The van der Waals surface area contributed by atoms with E-state index in [0.717, 1.165) is 30.6 Å². The highest BCUT2D eigenvalue weighted by Crippen LogP contribution is 2.28. The summed E-state index contributed by atoms with van der Waals surface area (Å²) in [5.41, 5.74) is 3.08. The number of nitrogens with zero attached hydrogens (tertiary/aromatic N) is 1. The second-order valence-corrected chi connectivity index (χ2v) is 6.03. The molecule has 0 atom stereocenters. The van der Waals surface area contributed by atoms with Gasteiger partial charge in [0.15, 0.2) is 0 Å². The van der Waals surface area contributed by atoms with Crippen molar-refractivity contribution >= 4 is 34.8 Å². The quantitative estimate of drug-likeness (QED) is 0.797. The Morgan fingerprint density at radius 3 is 2.76 bits per heavy atom. The fraction of sp³-hybridized carbons (Fsp3) is 0.235. The maximum Gasteiger partial charge on any atom is 0.231 e. The molecule has 0 fully saturated rings. The van der Waals surface area contributed by atoms with Gasteiger partial charge in [-0.25, -0.2) is 0 Å². The molecule has 0 N–H and O–H groups in total. The molecule has 0 spiro atoms. The summed E-state index contributed by atoms with van der Waals surface area (Å²) in [7, 11) is 0. The van der Waals surface area contributed by atoms with E-state index in [-0.39, 0.29) is 5.91 Å². The van der Waals surface area contributed by atoms with E-state index in [9.17, 15) is 4.79 Å². The minimum absolute atomic E-state index is 0.0753. The van der Waals surface area contributed by atoms with Gasteiger partial charge in [0.2, 0.25) is 5.91 Å². The number of anilines is 1. The van der Waals surface area contributed by atoms with Gasteiger partial charge in [-0.1, -0.05) is 47.5 Å². The Kier molecular flexibility index (Phi) is 4.18. The first-order valence-electron chi connectivity index (χ1n) is 6.97. The Morgan fingerprint density at radius 2 is 1.95 bits per heavy atom. The smallest absolute Gasteiger partial charge is 0.231 e. The fourth-order valence-electron chi connectivity index (χ4n) is 2.72. The van der Waals surface area contributed by atoms with Gasteiger partial charge < -0.3 is 4.90 Å². The summed E-state index contributed by atoms with van der Waals surface area (Å²) < 4.78 is 0. The van der Waals surface area contributed by atoms with E-state index >= 15 is 0 Å². The van der Waals surface area contributed by atoms with E-state index in [2.05, 4.69) is 6.07 Å². The Morgan fingerprint density at radius 1 is 1.14 bits per heavy atom. The number of hydrogen-bond acceptors (Lipinski definition) is 1. The van der Waals surface area contributed by atoms with Crippen LogP contribution in [0.5, 0.6) is 0 Å². The second-order valence-electron chi connectivity index (χ2n) is 5.19. The topological polar surface area (TPSA) is 20.3 Å². The van der Waals surface area contributed by atoms with E-state index in [1.54, 1.807) is 12.1 Å². The van der Waals surface area contributed by atoms with Crippen LogP contribution in [0.25, 0.3) is 0 Å². The van der Waals surface area contributed by atoms with Gasteiger partial charge in [-0.05, 0) is 42.2 Å². The standard InChI is InChI=1S/C17H15Cl2NO/c18-14-8-7-13(15(19)11-14)10-17(21)20-9-3-5-12-4-1-2-6-16(12)20/h1-2,4,6-8,11H,3,5,9-10H2. The molecule has 0 bridgehead atoms. The molecule has 0 unspecified atom stereocenters. The van der Waals surface area contributed by atoms with Crippen molar-refractivity contribution in [2.45, 2.75) is 19.3 Å². The van der Waals surface area contributed by atoms with Crippen LogP contribution < -0.4 is 4.90 Å². The highest BCUT2D eigenvalue weighted by atomic mass is 35.5. The van der Waals surface area contributed by atoms with Crippen LogP contribution in [0.1, 0.15) is 17.5 Å². The molecule has 3 rings (SSSR count). The third-order valence-corrected chi connectivity index (χ3v) is 4.36. The molecule has 21 heavy (non-hydrogen) atoms. The van der Waals surface area contributed by atoms with Crippen LogP contribution in [0.3, 0.4) is 0 Å². The zero-order valence-electron chi connectivity index (χ0n) is 11.5. The number of halogens is 2. The molecule has 0 radical (unpaired) electrons. The number of benzene rings is 2. The molecule has 1 aliphatic heterocycles. The number of para-hydroxylation sites is 1. The van der Waals surface area contributed by atoms with E-state index < -0.39 is 0 Å². The lowest BCUT2D eigenvalue weighted by molar-refractivity contribution is -0.118. The Labute approximate surface area is 134 Å². The first-order chi connectivity index (χ1) is 10.1. The molecule has 0 aliphatic carbocycles. The van der Waals surface area contributed by atoms with Gasteiger partial charge in [-0.15, -0.1) is 0 Å². The summed E-state index contributed by atoms with van der Waals surface area (Å²) in [4.78, 5) is 14.5. The molecular weight excluding hydrogens is 305 g/mol. The largest absolute Gasteiger partial charge is 0.312 e. The average Bonchev–Trinajstić information content (AvgIpc) is 2.49. The van der Waals surface area contributed by atoms with Crippen LogP contribution in [0.2, 0.25) is 10.0 Å². The van der Waals surface area contributed by atoms with Gasteiger partial charge in [0, 0.05) is 22.3 Å². The van der Waals surface area contributed by atoms with Crippen molar-refractivity contribution in [3.05, 3.63) is 63.6 Å². The summed E-state index contributed by atoms with van der Waals surface area (Å²) in [5, 5.41) is 1.13. The Hall–Kier alpha value is -1.51. The van der Waals surface area contributed by atoms with Crippen LogP contribution >= 0.6 is 23.2 Å². The summed E-state index contributed by atoms with van der Waals surface area (Å²) in [5.74, 6) is 0.0753. The summed E-state index contributed by atoms with van der Waals surface area (Å²) >= 11 is 12.0. The monoisotopic (exact) mass is 319 g/mol. The molecule has 1 heterocycles. The zero-order chi connectivity index (χ0) is 14.8. The zero-order valence-corrected chi connectivity index (χ0v) is 13.0. The van der Waals surface area contributed by atoms with Crippen molar-refractivity contribution in [2.24, 2.45) is 0 Å². The predicted molar refractivity (Wildman–Crippen MR) is 87.3 cm³/mol. The van der Waals surface area contributed by atoms with Crippen LogP contribution in [-0.4, -0.2) is 12.5 Å². The minimum atomic E-state index is 0.0753. The van der Waals surface area contributed by atoms with Gasteiger partial charge in [-0.3, -0.25) is 4.79 Å². The number of hydrogen-bond donors (Lipinski definition) is 0. The van der Waals surface area contributed by atoms with E-state index in [1.807, 2.05) is 29.2 Å². The van der Waals surface area contributed by atoms with Crippen LogP contribution in [0, 0.1) is 0 Å². The number of amides is 1. The summed E-state index contributed by atoms with van der Waals surface area (Å²) in [6.07, 6.45) is 2.32. The molecule has 0 saturated heterocycles. The van der Waals surface area contributed by atoms with Crippen molar-refractivity contribution in [2.75, 3.05) is 11.4 Å². The highest BCUT2D eigenvalue weighted by molar-refractivity contribution is 6.35. The van der Waals surface area contributed by atoms with Crippen molar-refractivity contribution in [3.8, 4) is 0 Å².